The second-order valence-corrected chi connectivity index (χ2v) is 10.7. The maximum atomic E-state index is 6.67. The molecule has 0 spiro atoms. The van der Waals surface area contributed by atoms with Crippen LogP contribution in [-0.4, -0.2) is 18.3 Å². The minimum atomic E-state index is -0.545. The molecule has 3 aromatic heterocycles. The van der Waals surface area contributed by atoms with Crippen LogP contribution in [0.3, 0.4) is 0 Å². The maximum Gasteiger partial charge on any atom is 0.498 e. The van der Waals surface area contributed by atoms with E-state index >= 15 is 0 Å². The molecule has 0 N–H and O–H groups in total. The van der Waals surface area contributed by atoms with Crippen molar-refractivity contribution < 1.29 is 22.6 Å². The van der Waals surface area contributed by atoms with Crippen LogP contribution in [0.5, 0.6) is 0 Å². The van der Waals surface area contributed by atoms with Gasteiger partial charge >= 0.3 is 7.12 Å². The first-order valence-electron chi connectivity index (χ1n) is 12.3. The van der Waals surface area contributed by atoms with Crippen molar-refractivity contribution in [3.8, 4) is 0 Å². The average Bonchev–Trinajstić information content (AvgIpc) is 3.57. The van der Waals surface area contributed by atoms with Crippen LogP contribution in [-0.2, 0) is 9.31 Å². The van der Waals surface area contributed by atoms with Gasteiger partial charge in [0.1, 0.15) is 22.3 Å². The van der Waals surface area contributed by atoms with Crippen molar-refractivity contribution in [2.24, 2.45) is 0 Å². The monoisotopic (exact) mass is 474 g/mol. The van der Waals surface area contributed by atoms with Gasteiger partial charge in [-0.15, -0.1) is 0 Å². The Balaban J connectivity index is 1.56. The van der Waals surface area contributed by atoms with Crippen molar-refractivity contribution in [3.63, 3.8) is 0 Å². The standard InChI is InChI=1S/C30H23BO5/c1-29(2)30(3,4)36-31(35-29)19-13-9-12-18-24-26-22(16-10-5-7-14-20(16)32-26)23-17-11-6-8-15-21(17)33-27(23)28(24)34-25(18)19/h5-15H,1-4H3. The Morgan fingerprint density at radius 3 is 1.69 bits per heavy atom. The second-order valence-electron chi connectivity index (χ2n) is 10.7. The first-order valence-corrected chi connectivity index (χ1v) is 12.3. The molecule has 1 aliphatic rings. The lowest BCUT2D eigenvalue weighted by molar-refractivity contribution is 0.00578. The normalized spacial score (nSPS) is 17.6. The van der Waals surface area contributed by atoms with Gasteiger partial charge < -0.3 is 22.6 Å². The van der Waals surface area contributed by atoms with E-state index in [2.05, 4.69) is 45.9 Å². The Labute approximate surface area is 206 Å². The van der Waals surface area contributed by atoms with E-state index in [0.29, 0.717) is 5.58 Å². The Kier molecular flexibility index (Phi) is 3.71. The highest BCUT2D eigenvalue weighted by atomic mass is 16.7. The van der Waals surface area contributed by atoms with Crippen LogP contribution in [0.15, 0.2) is 80.0 Å². The molecule has 5 nitrogen and oxygen atoms in total. The largest absolute Gasteiger partial charge is 0.498 e. The summed E-state index contributed by atoms with van der Waals surface area (Å²) in [5.41, 5.74) is 4.52. The molecule has 4 aromatic carbocycles. The highest BCUT2D eigenvalue weighted by Gasteiger charge is 2.52. The van der Waals surface area contributed by atoms with Gasteiger partial charge in [0, 0.05) is 32.4 Å². The average molecular weight is 474 g/mol. The van der Waals surface area contributed by atoms with Crippen molar-refractivity contribution in [3.05, 3.63) is 66.7 Å². The number of rotatable bonds is 1. The summed E-state index contributed by atoms with van der Waals surface area (Å²) in [5.74, 6) is 0. The van der Waals surface area contributed by atoms with Crippen LogP contribution in [0.4, 0.5) is 0 Å². The van der Waals surface area contributed by atoms with Gasteiger partial charge in [0.25, 0.3) is 0 Å². The van der Waals surface area contributed by atoms with E-state index in [1.807, 2.05) is 48.5 Å². The summed E-state index contributed by atoms with van der Waals surface area (Å²) in [6.45, 7) is 8.23. The van der Waals surface area contributed by atoms with Crippen LogP contribution in [0.1, 0.15) is 27.7 Å². The summed E-state index contributed by atoms with van der Waals surface area (Å²) in [6, 6.07) is 22.4. The molecule has 36 heavy (non-hydrogen) atoms. The molecular formula is C30H23BO5. The van der Waals surface area contributed by atoms with E-state index in [9.17, 15) is 0 Å². The van der Waals surface area contributed by atoms with Gasteiger partial charge in [0.05, 0.1) is 16.6 Å². The van der Waals surface area contributed by atoms with Crippen LogP contribution >= 0.6 is 0 Å². The highest BCUT2D eigenvalue weighted by molar-refractivity contribution is 6.65. The molecule has 7 aromatic rings. The molecule has 0 amide bonds. The van der Waals surface area contributed by atoms with Crippen LogP contribution < -0.4 is 5.46 Å². The van der Waals surface area contributed by atoms with Crippen molar-refractivity contribution in [2.45, 2.75) is 38.9 Å². The topological polar surface area (TPSA) is 57.9 Å². The summed E-state index contributed by atoms with van der Waals surface area (Å²) in [6.07, 6.45) is 0. The Bertz CT molecular complexity index is 2000. The molecule has 0 atom stereocenters. The number of furan rings is 3. The fraction of sp³-hybridized carbons (Fsp3) is 0.200. The fourth-order valence-corrected chi connectivity index (χ4v) is 5.61. The molecule has 0 unspecified atom stereocenters. The molecule has 1 saturated heterocycles. The van der Waals surface area contributed by atoms with Gasteiger partial charge in [-0.3, -0.25) is 0 Å². The van der Waals surface area contributed by atoms with Crippen molar-refractivity contribution in [2.75, 3.05) is 0 Å². The summed E-state index contributed by atoms with van der Waals surface area (Å²) >= 11 is 0. The Morgan fingerprint density at radius 1 is 0.500 bits per heavy atom. The van der Waals surface area contributed by atoms with E-state index < -0.39 is 18.3 Å². The predicted molar refractivity (Wildman–Crippen MR) is 144 cm³/mol. The lowest BCUT2D eigenvalue weighted by atomic mass is 9.78. The molecule has 176 valence electrons. The zero-order valence-corrected chi connectivity index (χ0v) is 20.5. The fourth-order valence-electron chi connectivity index (χ4n) is 5.61. The van der Waals surface area contributed by atoms with Crippen molar-refractivity contribution in [1.82, 2.24) is 0 Å². The van der Waals surface area contributed by atoms with E-state index in [4.69, 9.17) is 22.6 Å². The van der Waals surface area contributed by atoms with Crippen molar-refractivity contribution in [1.29, 1.82) is 0 Å². The SMILES string of the molecule is CC1(C)OB(c2cccc3c2oc2c4oc5ccccc5c4c4c5ccccc5oc4c32)OC1(C)C. The molecule has 0 radical (unpaired) electrons. The molecule has 0 saturated carbocycles. The van der Waals surface area contributed by atoms with Gasteiger partial charge in [0.15, 0.2) is 11.2 Å². The molecular weight excluding hydrogens is 451 g/mol. The number of para-hydroxylation sites is 3. The van der Waals surface area contributed by atoms with Gasteiger partial charge in [0.2, 0.25) is 0 Å². The molecule has 0 aliphatic carbocycles. The molecule has 6 heteroatoms. The third-order valence-corrected chi connectivity index (χ3v) is 8.13. The highest BCUT2D eigenvalue weighted by Crippen LogP contribution is 2.48. The number of hydrogen-bond donors (Lipinski definition) is 0. The van der Waals surface area contributed by atoms with E-state index in [1.165, 1.54) is 0 Å². The van der Waals surface area contributed by atoms with E-state index in [-0.39, 0.29) is 0 Å². The Morgan fingerprint density at radius 2 is 1.03 bits per heavy atom. The van der Waals surface area contributed by atoms with E-state index in [0.717, 1.165) is 65.7 Å². The summed E-state index contributed by atoms with van der Waals surface area (Å²) < 4.78 is 32.4. The number of hydrogen-bond acceptors (Lipinski definition) is 5. The summed E-state index contributed by atoms with van der Waals surface area (Å²) in [4.78, 5) is 0. The van der Waals surface area contributed by atoms with Crippen LogP contribution in [0.2, 0.25) is 0 Å². The van der Waals surface area contributed by atoms with E-state index in [1.54, 1.807) is 0 Å². The first kappa shape index (κ1) is 20.5. The summed E-state index contributed by atoms with van der Waals surface area (Å²) in [7, 11) is -0.545. The minimum Gasteiger partial charge on any atom is -0.455 e. The predicted octanol–water partition coefficient (Wildman–Crippen LogP) is 7.68. The zero-order chi connectivity index (χ0) is 24.4. The summed E-state index contributed by atoms with van der Waals surface area (Å²) in [5, 5.41) is 6.00. The Hall–Kier alpha value is -3.74. The van der Waals surface area contributed by atoms with Gasteiger partial charge in [-0.1, -0.05) is 54.6 Å². The smallest absolute Gasteiger partial charge is 0.455 e. The number of fused-ring (bicyclic) bond motifs is 12. The molecule has 0 bridgehead atoms. The lowest BCUT2D eigenvalue weighted by Crippen LogP contribution is -2.41. The third-order valence-electron chi connectivity index (χ3n) is 8.13. The van der Waals surface area contributed by atoms with Crippen molar-refractivity contribution >= 4 is 78.4 Å². The van der Waals surface area contributed by atoms with Gasteiger partial charge in [-0.05, 0) is 39.8 Å². The third kappa shape index (κ3) is 2.43. The van der Waals surface area contributed by atoms with Gasteiger partial charge in [-0.25, -0.2) is 0 Å². The first-order chi connectivity index (χ1) is 17.3. The molecule has 4 heterocycles. The number of benzene rings is 4. The lowest BCUT2D eigenvalue weighted by Gasteiger charge is -2.32. The quantitative estimate of drug-likeness (QED) is 0.228. The second kappa shape index (κ2) is 6.52. The maximum absolute atomic E-state index is 6.67. The zero-order valence-electron chi connectivity index (χ0n) is 20.5. The minimum absolute atomic E-state index is 0.455. The van der Waals surface area contributed by atoms with Crippen LogP contribution in [0.25, 0.3) is 65.8 Å². The molecule has 1 aliphatic heterocycles. The molecule has 8 rings (SSSR count). The van der Waals surface area contributed by atoms with Gasteiger partial charge in [-0.2, -0.15) is 0 Å². The molecule has 1 fully saturated rings. The van der Waals surface area contributed by atoms with Crippen LogP contribution in [0, 0.1) is 0 Å².